The predicted molar refractivity (Wildman–Crippen MR) is 343 cm³/mol. The number of ketones is 3. The number of carbonyl (C=O) groups is 7. The van der Waals surface area contributed by atoms with Crippen LogP contribution in [0.3, 0.4) is 0 Å². The lowest BCUT2D eigenvalue weighted by Crippen LogP contribution is -2.61. The van der Waals surface area contributed by atoms with Crippen LogP contribution in [0.4, 0.5) is 0 Å². The van der Waals surface area contributed by atoms with E-state index in [9.17, 15) is 52.2 Å². The Morgan fingerprint density at radius 1 is 0.846 bits per heavy atom. The molecule has 2 saturated heterocycles. The van der Waals surface area contributed by atoms with Gasteiger partial charge in [-0.25, -0.2) is 9.93 Å². The lowest BCUT2D eigenvalue weighted by Gasteiger charge is -2.42. The Morgan fingerprint density at radius 3 is 2.21 bits per heavy atom. The van der Waals surface area contributed by atoms with E-state index in [0.717, 1.165) is 12.0 Å². The van der Waals surface area contributed by atoms with Crippen molar-refractivity contribution in [2.24, 2.45) is 58.2 Å². The Bertz CT molecular complexity index is 2630. The van der Waals surface area contributed by atoms with Gasteiger partial charge >= 0.3 is 11.9 Å². The van der Waals surface area contributed by atoms with Crippen LogP contribution >= 0.6 is 0 Å². The monoisotopic (exact) mass is 1310 g/mol. The number of ether oxygens (including phenoxy) is 7. The fourth-order valence-corrected chi connectivity index (χ4v) is 13.6. The van der Waals surface area contributed by atoms with Crippen LogP contribution in [0.2, 0.25) is 0 Å². The van der Waals surface area contributed by atoms with E-state index in [4.69, 9.17) is 44.0 Å². The normalized spacial score (nSPS) is 32.8. The summed E-state index contributed by atoms with van der Waals surface area (Å²) in [5.74, 6) is -11.9. The molecule has 0 aromatic heterocycles. The van der Waals surface area contributed by atoms with E-state index in [0.29, 0.717) is 82.7 Å². The predicted octanol–water partition coefficient (Wildman–Crippen LogP) is 6.21. The summed E-state index contributed by atoms with van der Waals surface area (Å²) < 4.78 is 68.8. The van der Waals surface area contributed by atoms with Crippen molar-refractivity contribution >= 4 is 51.3 Å². The maximum absolute atomic E-state index is 14.9. The molecule has 0 aromatic carbocycles. The summed E-state index contributed by atoms with van der Waals surface area (Å²) in [7, 11) is 0.254. The number of carbonyl (C=O) groups excluding carboxylic acids is 7. The van der Waals surface area contributed by atoms with Gasteiger partial charge in [0, 0.05) is 64.5 Å². The summed E-state index contributed by atoms with van der Waals surface area (Å²) in [5, 5.41) is 29.7. The molecule has 4 aliphatic rings. The molecule has 3 aliphatic heterocycles. The SMILES string of the molecule is CO[C@H]1C[C@@H]2CC[C@@H](C)[C@@](O)(O2)C(=O)C(=O)N2CCCC[C@H]2C(=O)OC([C@H](C)CC[C@@H]2CC[C@@H](OCCO)[C@H](OC)C2)CC(=O)[C@H](C)/C=C(\C)[C@@H](OC(=O)[C@@H](C)[C@H](C)[C@@H](C)NC(=O)[C@H](CCCCN)NS(N)(=O)=O)[C@@H](OC)C(=O)[C@H](C)C[C@H](C)/C=C/C=CC=C1C. The summed E-state index contributed by atoms with van der Waals surface area (Å²) in [6.07, 6.45) is 12.6. The number of nitrogens with one attached hydrogen (secondary N) is 2. The second kappa shape index (κ2) is 38.1. The van der Waals surface area contributed by atoms with Crippen LogP contribution in [0.25, 0.3) is 0 Å². The second-order valence-electron chi connectivity index (χ2n) is 26.4. The van der Waals surface area contributed by atoms with Crippen molar-refractivity contribution in [3.63, 3.8) is 0 Å². The van der Waals surface area contributed by atoms with E-state index in [1.165, 1.54) is 12.0 Å². The maximum atomic E-state index is 14.9. The smallest absolute Gasteiger partial charge is 0.329 e. The molecular formula is C67H111N5O18S. The van der Waals surface area contributed by atoms with Crippen LogP contribution in [0.5, 0.6) is 0 Å². The standard InChI is InChI=1S/C67H111N5O18S/c1-40-21-15-14-16-22-41(2)56(84-11)38-51-29-26-46(7)67(81,90-51)62(76)64(78)72-32-20-18-24-53(72)66(80)88-57(42(3)25-27-50-28-30-55(87-34-33-73)58(37-50)85-12)39-54(74)43(4)36-45(6)60(61(86-13)59(75)44(5)35-40)89-65(79)48(9)47(8)49(10)70-63(77)52(23-17-19-31-68)71-91(69,82)83/h14-16,21-22,36,40,42-44,46-53,55-58,60-61,71,73,81H,17-20,23-35,37-39,68H2,1-13H3,(H,70,77)(H2,69,82,83)/b16-14?,21-15+,41-22?,45-36+/t40-,42-,43-,44-,46-,47+,48+,49-,50-,51+,52+,53+,55-,56+,57?,58-,60-,61+,67-/m1/s1. The molecule has 0 aromatic rings. The van der Waals surface area contributed by atoms with Gasteiger partial charge in [0.25, 0.3) is 21.9 Å². The summed E-state index contributed by atoms with van der Waals surface area (Å²) in [6, 6.07) is -3.14. The van der Waals surface area contributed by atoms with Crippen molar-refractivity contribution in [1.82, 2.24) is 14.9 Å². The number of aliphatic hydroxyl groups is 2. The quantitative estimate of drug-likeness (QED) is 0.0304. The number of unbranched alkanes of at least 4 members (excludes halogenated alkanes) is 1. The fraction of sp³-hybridized carbons (Fsp3) is 0.776. The van der Waals surface area contributed by atoms with Crippen molar-refractivity contribution in [3.05, 3.63) is 47.6 Å². The molecular weight excluding hydrogens is 1190 g/mol. The molecule has 2 amide bonds. The van der Waals surface area contributed by atoms with E-state index in [-0.39, 0.29) is 81.1 Å². The van der Waals surface area contributed by atoms with Gasteiger partial charge in [-0.15, -0.1) is 0 Å². The Labute approximate surface area is 541 Å². The molecule has 1 unspecified atom stereocenters. The maximum Gasteiger partial charge on any atom is 0.329 e. The molecule has 3 fully saturated rings. The first kappa shape index (κ1) is 78.8. The van der Waals surface area contributed by atoms with Crippen LogP contribution in [0, 0.1) is 47.3 Å². The first-order valence-corrected chi connectivity index (χ1v) is 34.5. The Kier molecular flexibility index (Phi) is 33.0. The number of methoxy groups -OCH3 is 3. The number of cyclic esters (lactones) is 1. The number of rotatable bonds is 22. The number of piperidine rings is 1. The number of hydrogen-bond acceptors (Lipinski definition) is 19. The number of aliphatic hydroxyl groups excluding tert-OH is 1. The highest BCUT2D eigenvalue weighted by molar-refractivity contribution is 7.87. The van der Waals surface area contributed by atoms with Gasteiger partial charge in [-0.3, -0.25) is 28.8 Å². The largest absolute Gasteiger partial charge is 0.460 e. The first-order valence-electron chi connectivity index (χ1n) is 33.0. The zero-order chi connectivity index (χ0) is 67.9. The van der Waals surface area contributed by atoms with Crippen LogP contribution in [-0.2, 0) is 76.9 Å². The molecule has 1 saturated carbocycles. The number of nitrogens with zero attached hydrogens (tertiary/aromatic N) is 1. The van der Waals surface area contributed by atoms with E-state index in [2.05, 4.69) is 10.0 Å². The molecule has 0 radical (unpaired) electrons. The number of allylic oxidation sites excluding steroid dienone is 6. The molecule has 1 aliphatic carbocycles. The lowest BCUT2D eigenvalue weighted by atomic mass is 9.80. The highest BCUT2D eigenvalue weighted by Crippen LogP contribution is 2.38. The third kappa shape index (κ3) is 23.7. The molecule has 91 heavy (non-hydrogen) atoms. The van der Waals surface area contributed by atoms with Crippen LogP contribution in [0.15, 0.2) is 47.6 Å². The van der Waals surface area contributed by atoms with Gasteiger partial charge in [0.15, 0.2) is 18.0 Å². The van der Waals surface area contributed by atoms with Gasteiger partial charge in [-0.05, 0) is 146 Å². The summed E-state index contributed by atoms with van der Waals surface area (Å²) in [6.45, 7) is 17.9. The van der Waals surface area contributed by atoms with Crippen molar-refractivity contribution in [1.29, 1.82) is 0 Å². The molecule has 24 heteroatoms. The van der Waals surface area contributed by atoms with Crippen LogP contribution < -0.4 is 20.9 Å². The molecule has 19 atom stereocenters. The minimum atomic E-state index is -4.27. The molecule has 8 N–H and O–H groups in total. The molecule has 2 bridgehead atoms. The van der Waals surface area contributed by atoms with Gasteiger partial charge < -0.3 is 59.3 Å². The number of hydrogen-bond donors (Lipinski definition) is 6. The van der Waals surface area contributed by atoms with Crippen molar-refractivity contribution < 1.29 is 85.4 Å². The second-order valence-corrected chi connectivity index (χ2v) is 27.7. The minimum absolute atomic E-state index is 0.0293. The molecule has 3 heterocycles. The van der Waals surface area contributed by atoms with E-state index in [1.807, 2.05) is 51.2 Å². The highest BCUT2D eigenvalue weighted by atomic mass is 32.2. The Hall–Kier alpha value is -4.60. The number of Topliss-reactive ketones (excluding diaryl/α,β-unsaturated/α-hetero) is 3. The topological polar surface area (TPSA) is 338 Å². The van der Waals surface area contributed by atoms with Gasteiger partial charge in [-0.2, -0.15) is 13.1 Å². The molecule has 4 rings (SSSR count). The van der Waals surface area contributed by atoms with Gasteiger partial charge in [0.1, 0.15) is 24.0 Å². The lowest BCUT2D eigenvalue weighted by molar-refractivity contribution is -0.265. The third-order valence-electron chi connectivity index (χ3n) is 19.3. The summed E-state index contributed by atoms with van der Waals surface area (Å²) in [5.41, 5.74) is 6.79. The Balaban J connectivity index is 1.78. The zero-order valence-corrected chi connectivity index (χ0v) is 57.3. The van der Waals surface area contributed by atoms with Crippen LogP contribution in [0.1, 0.15) is 172 Å². The Morgan fingerprint density at radius 2 is 1.56 bits per heavy atom. The van der Waals surface area contributed by atoms with Gasteiger partial charge in [0.05, 0.1) is 43.5 Å². The summed E-state index contributed by atoms with van der Waals surface area (Å²) in [4.78, 5) is 103. The van der Waals surface area contributed by atoms with E-state index >= 15 is 0 Å². The van der Waals surface area contributed by atoms with Crippen molar-refractivity contribution in [3.8, 4) is 0 Å². The fourth-order valence-electron chi connectivity index (χ4n) is 13.0. The average molecular weight is 1310 g/mol. The van der Waals surface area contributed by atoms with Gasteiger partial charge in [0.2, 0.25) is 11.7 Å². The minimum Gasteiger partial charge on any atom is -0.460 e. The summed E-state index contributed by atoms with van der Waals surface area (Å²) >= 11 is 0. The number of fused-ring (bicyclic) bond motifs is 3. The van der Waals surface area contributed by atoms with Crippen molar-refractivity contribution in [2.45, 2.75) is 239 Å². The van der Waals surface area contributed by atoms with E-state index in [1.54, 1.807) is 68.8 Å². The average Bonchev–Trinajstić information content (AvgIpc) is 0.800. The number of nitrogens with two attached hydrogens (primary N) is 2. The number of esters is 2. The third-order valence-corrected chi connectivity index (χ3v) is 19.9. The zero-order valence-electron chi connectivity index (χ0n) is 56.4. The first-order chi connectivity index (χ1) is 42.9. The highest BCUT2D eigenvalue weighted by Gasteiger charge is 2.53. The van der Waals surface area contributed by atoms with E-state index < -0.39 is 130 Å². The molecule has 0 spiro atoms. The van der Waals surface area contributed by atoms with Crippen molar-refractivity contribution in [2.75, 3.05) is 47.6 Å². The molecule has 518 valence electrons. The number of amides is 2. The van der Waals surface area contributed by atoms with Gasteiger partial charge in [-0.1, -0.05) is 91.3 Å². The van der Waals surface area contributed by atoms with Crippen LogP contribution in [-0.4, -0.2) is 179 Å². The molecule has 23 nitrogen and oxygen atoms in total.